The van der Waals surface area contributed by atoms with Crippen molar-refractivity contribution in [1.29, 1.82) is 0 Å². The molecule has 0 atom stereocenters. The van der Waals surface area contributed by atoms with Crippen LogP contribution in [0.3, 0.4) is 0 Å². The predicted molar refractivity (Wildman–Crippen MR) is 42.7 cm³/mol. The van der Waals surface area contributed by atoms with Crippen LogP contribution in [0.2, 0.25) is 0 Å². The van der Waals surface area contributed by atoms with E-state index in [0.717, 1.165) is 0 Å². The SMILES string of the molecule is COC(=S)SCC(C)=O. The zero-order valence-corrected chi connectivity index (χ0v) is 6.97. The van der Waals surface area contributed by atoms with Gasteiger partial charge in [0, 0.05) is 0 Å². The van der Waals surface area contributed by atoms with Gasteiger partial charge in [-0.25, -0.2) is 0 Å². The van der Waals surface area contributed by atoms with E-state index in [0.29, 0.717) is 10.1 Å². The number of carbonyl (C=O) groups is 1. The highest BCUT2D eigenvalue weighted by atomic mass is 32.2. The average molecular weight is 164 g/mol. The van der Waals surface area contributed by atoms with Crippen LogP contribution in [0.25, 0.3) is 0 Å². The van der Waals surface area contributed by atoms with Gasteiger partial charge >= 0.3 is 0 Å². The van der Waals surface area contributed by atoms with E-state index in [2.05, 4.69) is 17.0 Å². The van der Waals surface area contributed by atoms with Crippen molar-refractivity contribution in [3.8, 4) is 0 Å². The van der Waals surface area contributed by atoms with Crippen LogP contribution < -0.4 is 0 Å². The van der Waals surface area contributed by atoms with Gasteiger partial charge < -0.3 is 4.74 Å². The molecule has 0 saturated heterocycles. The van der Waals surface area contributed by atoms with Crippen molar-refractivity contribution in [1.82, 2.24) is 0 Å². The standard InChI is InChI=1S/C5H8O2S2/c1-4(6)3-9-5(8)7-2/h3H2,1-2H3. The highest BCUT2D eigenvalue weighted by Crippen LogP contribution is 2.03. The highest BCUT2D eigenvalue weighted by molar-refractivity contribution is 8.23. The summed E-state index contributed by atoms with van der Waals surface area (Å²) in [6, 6.07) is 0. The molecule has 0 N–H and O–H groups in total. The van der Waals surface area contributed by atoms with E-state index in [1.165, 1.54) is 25.8 Å². The molecule has 0 aromatic heterocycles. The van der Waals surface area contributed by atoms with Crippen LogP contribution in [0.5, 0.6) is 0 Å². The Kier molecular flexibility index (Phi) is 4.71. The van der Waals surface area contributed by atoms with Gasteiger partial charge in [0.2, 0.25) is 4.38 Å². The number of hydrogen-bond donors (Lipinski definition) is 0. The fourth-order valence-corrected chi connectivity index (χ4v) is 0.835. The molecular weight excluding hydrogens is 156 g/mol. The van der Waals surface area contributed by atoms with Crippen molar-refractivity contribution in [3.63, 3.8) is 0 Å². The number of Topliss-reactive ketones (excluding diaryl/α,β-unsaturated/α-hetero) is 1. The average Bonchev–Trinajstić information content (AvgIpc) is 1.83. The molecule has 0 unspecified atom stereocenters. The van der Waals surface area contributed by atoms with Crippen molar-refractivity contribution in [2.75, 3.05) is 12.9 Å². The molecular formula is C5H8O2S2. The van der Waals surface area contributed by atoms with Gasteiger partial charge in [0.25, 0.3) is 0 Å². The van der Waals surface area contributed by atoms with Crippen LogP contribution in [0, 0.1) is 0 Å². The number of methoxy groups -OCH3 is 1. The lowest BCUT2D eigenvalue weighted by Crippen LogP contribution is -1.98. The molecule has 0 aliphatic heterocycles. The molecule has 0 amide bonds. The second kappa shape index (κ2) is 4.76. The summed E-state index contributed by atoms with van der Waals surface area (Å²) in [7, 11) is 1.50. The molecule has 9 heavy (non-hydrogen) atoms. The minimum Gasteiger partial charge on any atom is -0.482 e. The molecule has 52 valence electrons. The maximum Gasteiger partial charge on any atom is 0.220 e. The van der Waals surface area contributed by atoms with Crippen molar-refractivity contribution in [2.45, 2.75) is 6.92 Å². The monoisotopic (exact) mass is 164 g/mol. The Labute approximate surface area is 64.0 Å². The first-order valence-corrected chi connectivity index (χ1v) is 3.76. The van der Waals surface area contributed by atoms with E-state index in [4.69, 9.17) is 0 Å². The third kappa shape index (κ3) is 5.79. The van der Waals surface area contributed by atoms with Gasteiger partial charge in [-0.1, -0.05) is 11.8 Å². The largest absolute Gasteiger partial charge is 0.482 e. The fourth-order valence-electron chi connectivity index (χ4n) is 0.219. The molecule has 0 heterocycles. The first-order chi connectivity index (χ1) is 4.16. The topological polar surface area (TPSA) is 26.3 Å². The van der Waals surface area contributed by atoms with Gasteiger partial charge in [-0.2, -0.15) is 0 Å². The van der Waals surface area contributed by atoms with Gasteiger partial charge in [-0.05, 0) is 19.1 Å². The molecule has 0 aliphatic carbocycles. The zero-order valence-electron chi connectivity index (χ0n) is 5.34. The second-order valence-electron chi connectivity index (χ2n) is 1.44. The van der Waals surface area contributed by atoms with E-state index >= 15 is 0 Å². The number of carbonyl (C=O) groups excluding carboxylic acids is 1. The summed E-state index contributed by atoms with van der Waals surface area (Å²) < 4.78 is 5.06. The Bertz CT molecular complexity index is 122. The molecule has 0 aromatic rings. The van der Waals surface area contributed by atoms with E-state index in [9.17, 15) is 4.79 Å². The van der Waals surface area contributed by atoms with Crippen LogP contribution in [0.4, 0.5) is 0 Å². The number of thioether (sulfide) groups is 1. The Morgan fingerprint density at radius 1 is 1.78 bits per heavy atom. The highest BCUT2D eigenvalue weighted by Gasteiger charge is 1.97. The minimum absolute atomic E-state index is 0.111. The van der Waals surface area contributed by atoms with Crippen LogP contribution in [-0.4, -0.2) is 23.0 Å². The molecule has 2 nitrogen and oxygen atoms in total. The van der Waals surface area contributed by atoms with E-state index < -0.39 is 0 Å². The molecule has 0 aliphatic rings. The number of ether oxygens (including phenoxy) is 1. The Balaban J connectivity index is 3.28. The van der Waals surface area contributed by atoms with Crippen molar-refractivity contribution in [3.05, 3.63) is 0 Å². The smallest absolute Gasteiger partial charge is 0.220 e. The van der Waals surface area contributed by atoms with Gasteiger partial charge in [-0.15, -0.1) is 0 Å². The second-order valence-corrected chi connectivity index (χ2v) is 3.02. The lowest BCUT2D eigenvalue weighted by atomic mass is 10.5. The summed E-state index contributed by atoms with van der Waals surface area (Å²) in [5.41, 5.74) is 0. The Morgan fingerprint density at radius 3 is 2.67 bits per heavy atom. The van der Waals surface area contributed by atoms with E-state index in [-0.39, 0.29) is 5.78 Å². The van der Waals surface area contributed by atoms with Crippen molar-refractivity contribution in [2.24, 2.45) is 0 Å². The maximum atomic E-state index is 10.3. The third-order valence-corrected chi connectivity index (χ3v) is 2.03. The van der Waals surface area contributed by atoms with Gasteiger partial charge in [0.1, 0.15) is 5.78 Å². The van der Waals surface area contributed by atoms with Crippen molar-refractivity contribution < 1.29 is 9.53 Å². The lowest BCUT2D eigenvalue weighted by molar-refractivity contribution is -0.114. The number of rotatable bonds is 2. The maximum absolute atomic E-state index is 10.3. The van der Waals surface area contributed by atoms with E-state index in [1.54, 1.807) is 0 Å². The van der Waals surface area contributed by atoms with E-state index in [1.807, 2.05) is 0 Å². The Morgan fingerprint density at radius 2 is 2.33 bits per heavy atom. The molecule has 4 heteroatoms. The normalized spacial score (nSPS) is 8.67. The zero-order chi connectivity index (χ0) is 7.28. The predicted octanol–water partition coefficient (Wildman–Crippen LogP) is 1.24. The summed E-state index contributed by atoms with van der Waals surface area (Å²) in [5.74, 6) is 0.520. The molecule has 0 aromatic carbocycles. The number of thiocarbonyl (C=S) groups is 1. The first kappa shape index (κ1) is 8.91. The molecule has 0 spiro atoms. The van der Waals surface area contributed by atoms with Crippen LogP contribution in [0.1, 0.15) is 6.92 Å². The molecule has 0 bridgehead atoms. The molecule has 0 radical (unpaired) electrons. The quantitative estimate of drug-likeness (QED) is 0.574. The van der Waals surface area contributed by atoms with Crippen LogP contribution in [-0.2, 0) is 9.53 Å². The van der Waals surface area contributed by atoms with Crippen LogP contribution in [0.15, 0.2) is 0 Å². The summed E-state index contributed by atoms with van der Waals surface area (Å²) in [4.78, 5) is 10.3. The summed E-state index contributed by atoms with van der Waals surface area (Å²) >= 11 is 5.91. The van der Waals surface area contributed by atoms with Gasteiger partial charge in [0.15, 0.2) is 0 Å². The minimum atomic E-state index is 0.111. The Hall–Kier alpha value is -0.0900. The summed E-state index contributed by atoms with van der Waals surface area (Å²) in [6.45, 7) is 1.52. The van der Waals surface area contributed by atoms with Gasteiger partial charge in [-0.3, -0.25) is 4.79 Å². The fraction of sp³-hybridized carbons (Fsp3) is 0.600. The number of hydrogen-bond acceptors (Lipinski definition) is 4. The number of ketones is 1. The first-order valence-electron chi connectivity index (χ1n) is 2.37. The molecule has 0 fully saturated rings. The third-order valence-electron chi connectivity index (χ3n) is 0.560. The summed E-state index contributed by atoms with van der Waals surface area (Å²) in [5, 5.41) is 0. The van der Waals surface area contributed by atoms with Crippen LogP contribution >= 0.6 is 24.0 Å². The molecule has 0 saturated carbocycles. The van der Waals surface area contributed by atoms with Gasteiger partial charge in [0.05, 0.1) is 12.9 Å². The summed E-state index contributed by atoms with van der Waals surface area (Å²) in [6.07, 6.45) is 0. The van der Waals surface area contributed by atoms with Crippen molar-refractivity contribution >= 4 is 34.1 Å². The lowest BCUT2D eigenvalue weighted by Gasteiger charge is -1.96. The molecule has 0 rings (SSSR count).